The Bertz CT molecular complexity index is 1080. The minimum Gasteiger partial charge on any atom is -0.382 e. The van der Waals surface area contributed by atoms with Crippen LogP contribution in [0.2, 0.25) is 4.34 Å². The fourth-order valence-electron chi connectivity index (χ4n) is 2.93. The number of thiophene rings is 2. The molecule has 4 heterocycles. The largest absolute Gasteiger partial charge is 0.382 e. The number of anilines is 1. The lowest BCUT2D eigenvalue weighted by molar-refractivity contribution is -0.143. The highest BCUT2D eigenvalue weighted by molar-refractivity contribution is 7.19. The zero-order valence-electron chi connectivity index (χ0n) is 14.7. The fraction of sp³-hybridized carbons (Fsp3) is 0.222. The van der Waals surface area contributed by atoms with Gasteiger partial charge in [-0.2, -0.15) is 0 Å². The van der Waals surface area contributed by atoms with Crippen molar-refractivity contribution in [1.82, 2.24) is 19.8 Å². The van der Waals surface area contributed by atoms with Gasteiger partial charge in [0, 0.05) is 28.9 Å². The van der Waals surface area contributed by atoms with Crippen molar-refractivity contribution in [3.63, 3.8) is 0 Å². The molecular weight excluding hydrogens is 418 g/mol. The number of piperazine rings is 1. The molecule has 0 spiro atoms. The van der Waals surface area contributed by atoms with Gasteiger partial charge in [0.25, 0.3) is 0 Å². The number of amides is 2. The smallest absolute Gasteiger partial charge is 0.247 e. The Morgan fingerprint density at radius 1 is 1.29 bits per heavy atom. The lowest BCUT2D eigenvalue weighted by Crippen LogP contribution is -2.51. The monoisotopic (exact) mass is 433 g/mol. The van der Waals surface area contributed by atoms with Crippen LogP contribution in [0.5, 0.6) is 0 Å². The number of rotatable bonds is 4. The third kappa shape index (κ3) is 4.01. The molecule has 3 aromatic rings. The molecule has 1 aliphatic rings. The highest BCUT2D eigenvalue weighted by Crippen LogP contribution is 2.28. The third-order valence-electron chi connectivity index (χ3n) is 4.35. The van der Waals surface area contributed by atoms with Crippen molar-refractivity contribution in [3.05, 3.63) is 44.7 Å². The molecule has 1 fully saturated rings. The van der Waals surface area contributed by atoms with E-state index < -0.39 is 0 Å². The van der Waals surface area contributed by atoms with E-state index in [0.29, 0.717) is 29.8 Å². The van der Waals surface area contributed by atoms with E-state index in [-0.39, 0.29) is 18.4 Å². The Balaban J connectivity index is 1.38. The van der Waals surface area contributed by atoms with E-state index >= 15 is 0 Å². The number of aromatic nitrogens is 2. The van der Waals surface area contributed by atoms with Gasteiger partial charge >= 0.3 is 0 Å². The summed E-state index contributed by atoms with van der Waals surface area (Å²) in [4.78, 5) is 38.3. The van der Waals surface area contributed by atoms with Crippen molar-refractivity contribution in [2.75, 3.05) is 25.4 Å². The molecule has 0 unspecified atom stereocenters. The van der Waals surface area contributed by atoms with Crippen LogP contribution in [-0.4, -0.2) is 51.2 Å². The maximum absolute atomic E-state index is 12.5. The van der Waals surface area contributed by atoms with Crippen LogP contribution < -0.4 is 5.73 Å². The first-order chi connectivity index (χ1) is 13.5. The molecule has 1 aliphatic heterocycles. The van der Waals surface area contributed by atoms with Gasteiger partial charge in [0.05, 0.1) is 21.1 Å². The van der Waals surface area contributed by atoms with Gasteiger partial charge in [-0.25, -0.2) is 9.97 Å². The summed E-state index contributed by atoms with van der Waals surface area (Å²) in [6, 6.07) is 5.56. The average molecular weight is 434 g/mol. The zero-order chi connectivity index (χ0) is 19.7. The Kier molecular flexibility index (Phi) is 5.29. The molecule has 0 aromatic carbocycles. The Hall–Kier alpha value is -2.49. The fourth-order valence-corrected chi connectivity index (χ4v) is 4.92. The van der Waals surface area contributed by atoms with Gasteiger partial charge in [-0.1, -0.05) is 11.6 Å². The highest BCUT2D eigenvalue weighted by Gasteiger charge is 2.26. The predicted molar refractivity (Wildman–Crippen MR) is 112 cm³/mol. The molecule has 0 radical (unpaired) electrons. The molecule has 0 bridgehead atoms. The van der Waals surface area contributed by atoms with Gasteiger partial charge in [-0.3, -0.25) is 9.59 Å². The van der Waals surface area contributed by atoms with Crippen molar-refractivity contribution >= 4 is 68.2 Å². The van der Waals surface area contributed by atoms with Crippen LogP contribution >= 0.6 is 34.3 Å². The minimum absolute atomic E-state index is 0.0706. The van der Waals surface area contributed by atoms with Crippen molar-refractivity contribution in [2.45, 2.75) is 6.54 Å². The molecule has 0 saturated carbocycles. The molecule has 28 heavy (non-hydrogen) atoms. The lowest BCUT2D eigenvalue weighted by atomic mass is 10.2. The third-order valence-corrected chi connectivity index (χ3v) is 6.68. The van der Waals surface area contributed by atoms with Crippen molar-refractivity contribution in [1.29, 1.82) is 0 Å². The van der Waals surface area contributed by atoms with Crippen LogP contribution in [0.4, 0.5) is 5.82 Å². The number of nitrogens with zero attached hydrogens (tertiary/aromatic N) is 4. The number of halogens is 1. The quantitative estimate of drug-likeness (QED) is 0.638. The van der Waals surface area contributed by atoms with E-state index in [0.717, 1.165) is 20.0 Å². The molecule has 7 nitrogen and oxygen atoms in total. The van der Waals surface area contributed by atoms with E-state index in [2.05, 4.69) is 9.97 Å². The van der Waals surface area contributed by atoms with Crippen LogP contribution in [0, 0.1) is 0 Å². The van der Waals surface area contributed by atoms with Gasteiger partial charge in [-0.05, 0) is 24.3 Å². The number of nitrogens with two attached hydrogens (primary N) is 1. The van der Waals surface area contributed by atoms with E-state index in [9.17, 15) is 9.59 Å². The second-order valence-corrected chi connectivity index (χ2v) is 9.12. The van der Waals surface area contributed by atoms with Gasteiger partial charge in [0.1, 0.15) is 18.7 Å². The number of hydrogen-bond donors (Lipinski definition) is 1. The van der Waals surface area contributed by atoms with Gasteiger partial charge in [0.15, 0.2) is 0 Å². The number of nitrogen functional groups attached to an aromatic ring is 1. The number of carbonyl (C=O) groups excluding carboxylic acids is 2. The molecule has 3 aromatic heterocycles. The Morgan fingerprint density at radius 3 is 2.86 bits per heavy atom. The SMILES string of the molecule is Nc1ncnc2cc(CN3CCN(C(=O)/C=C/c4ccc(Cl)s4)CC3=O)sc12. The Labute approximate surface area is 174 Å². The standard InChI is InChI=1S/C18H16ClN5O2S2/c19-14-3-1-11(27-14)2-4-15(25)24-6-5-23(16(26)9-24)8-12-7-13-17(28-12)18(20)22-10-21-13/h1-4,7,10H,5-6,8-9H2,(H2,20,21,22)/b4-2+. The molecular formula is C18H16ClN5O2S2. The van der Waals surface area contributed by atoms with E-state index in [1.54, 1.807) is 21.9 Å². The summed E-state index contributed by atoms with van der Waals surface area (Å²) in [7, 11) is 0. The van der Waals surface area contributed by atoms with Gasteiger partial charge in [0.2, 0.25) is 11.8 Å². The average Bonchev–Trinajstić information content (AvgIpc) is 3.28. The van der Waals surface area contributed by atoms with E-state index in [1.165, 1.54) is 35.1 Å². The van der Waals surface area contributed by atoms with Crippen LogP contribution in [0.3, 0.4) is 0 Å². The minimum atomic E-state index is -0.178. The highest BCUT2D eigenvalue weighted by atomic mass is 35.5. The summed E-state index contributed by atoms with van der Waals surface area (Å²) < 4.78 is 1.50. The van der Waals surface area contributed by atoms with Crippen LogP contribution in [0.25, 0.3) is 16.3 Å². The summed E-state index contributed by atoms with van der Waals surface area (Å²) >= 11 is 8.77. The predicted octanol–water partition coefficient (Wildman–Crippen LogP) is 2.87. The summed E-state index contributed by atoms with van der Waals surface area (Å²) in [6.07, 6.45) is 4.64. The summed E-state index contributed by atoms with van der Waals surface area (Å²) in [5.74, 6) is 0.188. The molecule has 2 N–H and O–H groups in total. The molecule has 0 aliphatic carbocycles. The van der Waals surface area contributed by atoms with E-state index in [4.69, 9.17) is 17.3 Å². The Morgan fingerprint density at radius 2 is 2.14 bits per heavy atom. The summed E-state index contributed by atoms with van der Waals surface area (Å²) in [6.45, 7) is 1.53. The second kappa shape index (κ2) is 7.86. The van der Waals surface area contributed by atoms with Crippen LogP contribution in [-0.2, 0) is 16.1 Å². The number of carbonyl (C=O) groups is 2. The van der Waals surface area contributed by atoms with Crippen LogP contribution in [0.1, 0.15) is 9.75 Å². The topological polar surface area (TPSA) is 92.4 Å². The molecule has 144 valence electrons. The molecule has 0 atom stereocenters. The van der Waals surface area contributed by atoms with Gasteiger partial charge < -0.3 is 15.5 Å². The van der Waals surface area contributed by atoms with Crippen LogP contribution in [0.15, 0.2) is 30.6 Å². The zero-order valence-corrected chi connectivity index (χ0v) is 17.1. The maximum Gasteiger partial charge on any atom is 0.247 e. The normalized spacial score (nSPS) is 15.1. The maximum atomic E-state index is 12.5. The summed E-state index contributed by atoms with van der Waals surface area (Å²) in [5, 5.41) is 0. The summed E-state index contributed by atoms with van der Waals surface area (Å²) in [5.41, 5.74) is 6.66. The molecule has 4 rings (SSSR count). The lowest BCUT2D eigenvalue weighted by Gasteiger charge is -2.33. The first kappa shape index (κ1) is 18.9. The van der Waals surface area contributed by atoms with Gasteiger partial charge in [-0.15, -0.1) is 22.7 Å². The number of fused-ring (bicyclic) bond motifs is 1. The van der Waals surface area contributed by atoms with Crippen molar-refractivity contribution in [2.24, 2.45) is 0 Å². The number of hydrogen-bond acceptors (Lipinski definition) is 7. The molecule has 10 heteroatoms. The first-order valence-corrected chi connectivity index (χ1v) is 10.5. The van der Waals surface area contributed by atoms with Crippen molar-refractivity contribution < 1.29 is 9.59 Å². The second-order valence-electron chi connectivity index (χ2n) is 6.24. The van der Waals surface area contributed by atoms with Crippen molar-refractivity contribution in [3.8, 4) is 0 Å². The first-order valence-electron chi connectivity index (χ1n) is 8.48. The molecule has 2 amide bonds. The van der Waals surface area contributed by atoms with E-state index in [1.807, 2.05) is 12.1 Å². The molecule has 1 saturated heterocycles.